The molecule has 0 amide bonds. The van der Waals surface area contributed by atoms with Crippen LogP contribution in [-0.4, -0.2) is 39.1 Å². The van der Waals surface area contributed by atoms with E-state index in [0.717, 1.165) is 65.6 Å². The van der Waals surface area contributed by atoms with Crippen molar-refractivity contribution in [2.24, 2.45) is 0 Å². The van der Waals surface area contributed by atoms with Gasteiger partial charge in [-0.1, -0.05) is 19.3 Å². The van der Waals surface area contributed by atoms with E-state index in [1.165, 1.54) is 6.42 Å². The highest BCUT2D eigenvalue weighted by Crippen LogP contribution is 2.35. The summed E-state index contributed by atoms with van der Waals surface area (Å²) in [5.74, 6) is 0.793. The smallest absolute Gasteiger partial charge is 0.160 e. The van der Waals surface area contributed by atoms with E-state index in [9.17, 15) is 5.11 Å². The largest absolute Gasteiger partial charge is 0.497 e. The molecule has 1 aliphatic carbocycles. The fourth-order valence-electron chi connectivity index (χ4n) is 3.93. The monoisotopic (exact) mass is 354 g/mol. The van der Waals surface area contributed by atoms with Crippen LogP contribution in [0.4, 0.5) is 5.69 Å². The number of aliphatic hydroxyl groups is 1. The minimum atomic E-state index is -0.639. The van der Waals surface area contributed by atoms with Gasteiger partial charge >= 0.3 is 0 Å². The zero-order valence-corrected chi connectivity index (χ0v) is 15.5. The van der Waals surface area contributed by atoms with Gasteiger partial charge in [0, 0.05) is 18.5 Å². The molecular weight excluding hydrogens is 328 g/mol. The Hall–Kier alpha value is -2.34. The number of hydrogen-bond donors (Lipinski definition) is 2. The van der Waals surface area contributed by atoms with Crippen molar-refractivity contribution in [1.82, 2.24) is 14.8 Å². The highest BCUT2D eigenvalue weighted by molar-refractivity contribution is 6.06. The summed E-state index contributed by atoms with van der Waals surface area (Å²) in [6, 6.07) is 5.89. The molecule has 4 rings (SSSR count). The van der Waals surface area contributed by atoms with Crippen LogP contribution in [0, 0.1) is 0 Å². The molecule has 138 valence electrons. The molecule has 0 unspecified atom stereocenters. The molecule has 0 atom stereocenters. The molecule has 2 aromatic heterocycles. The van der Waals surface area contributed by atoms with E-state index < -0.39 is 5.60 Å². The van der Waals surface area contributed by atoms with Gasteiger partial charge in [0.2, 0.25) is 0 Å². The summed E-state index contributed by atoms with van der Waals surface area (Å²) in [4.78, 5) is 4.80. The predicted molar refractivity (Wildman–Crippen MR) is 104 cm³/mol. The highest BCUT2D eigenvalue weighted by Gasteiger charge is 2.29. The van der Waals surface area contributed by atoms with Crippen LogP contribution < -0.4 is 10.1 Å². The molecule has 1 saturated carbocycles. The van der Waals surface area contributed by atoms with E-state index in [4.69, 9.17) is 9.72 Å². The first kappa shape index (κ1) is 17.1. The van der Waals surface area contributed by atoms with Gasteiger partial charge in [0.05, 0.1) is 35.5 Å². The van der Waals surface area contributed by atoms with Crippen LogP contribution in [0.1, 0.15) is 39.0 Å². The zero-order chi connectivity index (χ0) is 18.1. The normalized spacial score (nSPS) is 16.9. The fraction of sp³-hybridized carbons (Fsp3) is 0.500. The van der Waals surface area contributed by atoms with Gasteiger partial charge in [-0.05, 0) is 38.0 Å². The number of anilines is 1. The number of rotatable bonds is 5. The van der Waals surface area contributed by atoms with Crippen LogP contribution in [0.15, 0.2) is 24.4 Å². The lowest BCUT2D eigenvalue weighted by Gasteiger charge is -2.32. The van der Waals surface area contributed by atoms with Crippen molar-refractivity contribution < 1.29 is 9.84 Å². The summed E-state index contributed by atoms with van der Waals surface area (Å²) in [5.41, 5.74) is 2.09. The summed E-state index contributed by atoms with van der Waals surface area (Å²) in [7, 11) is 1.67. The minimum absolute atomic E-state index is 0.537. The van der Waals surface area contributed by atoms with Gasteiger partial charge in [-0.15, -0.1) is 0 Å². The van der Waals surface area contributed by atoms with E-state index in [2.05, 4.69) is 17.3 Å². The van der Waals surface area contributed by atoms with Crippen molar-refractivity contribution in [3.05, 3.63) is 24.4 Å². The third-order valence-corrected chi connectivity index (χ3v) is 5.46. The third-order valence-electron chi connectivity index (χ3n) is 5.46. The van der Waals surface area contributed by atoms with Crippen LogP contribution in [0.5, 0.6) is 5.75 Å². The topological polar surface area (TPSA) is 72.2 Å². The van der Waals surface area contributed by atoms with Crippen LogP contribution >= 0.6 is 0 Å². The lowest BCUT2D eigenvalue weighted by Crippen LogP contribution is -2.38. The molecule has 0 bridgehead atoms. The zero-order valence-electron chi connectivity index (χ0n) is 15.5. The standard InChI is InChI=1S/C20H26N4O2/c1-3-24-19-16(12-22-24)18(21-13-20(25)9-5-4-6-10-20)15-11-14(26-2)7-8-17(15)23-19/h7-8,11-12,25H,3-6,9-10,13H2,1-2H3,(H,21,23). The van der Waals surface area contributed by atoms with Gasteiger partial charge in [0.25, 0.3) is 0 Å². The number of methoxy groups -OCH3 is 1. The Labute approximate surface area is 153 Å². The average molecular weight is 354 g/mol. The first-order chi connectivity index (χ1) is 12.6. The summed E-state index contributed by atoms with van der Waals surface area (Å²) >= 11 is 0. The third kappa shape index (κ3) is 2.98. The van der Waals surface area contributed by atoms with Crippen molar-refractivity contribution in [2.45, 2.75) is 51.2 Å². The molecule has 0 radical (unpaired) electrons. The van der Waals surface area contributed by atoms with Gasteiger partial charge in [0.1, 0.15) is 5.75 Å². The number of aryl methyl sites for hydroxylation is 1. The maximum Gasteiger partial charge on any atom is 0.160 e. The summed E-state index contributed by atoms with van der Waals surface area (Å²) in [6.45, 7) is 3.36. The van der Waals surface area contributed by atoms with Crippen LogP contribution in [0.25, 0.3) is 21.9 Å². The Morgan fingerprint density at radius 2 is 2.04 bits per heavy atom. The van der Waals surface area contributed by atoms with Crippen molar-refractivity contribution >= 4 is 27.6 Å². The molecule has 0 spiro atoms. The second kappa shape index (κ2) is 6.76. The first-order valence-electron chi connectivity index (χ1n) is 9.43. The summed E-state index contributed by atoms with van der Waals surface area (Å²) in [5, 5.41) is 20.9. The van der Waals surface area contributed by atoms with Crippen molar-refractivity contribution in [1.29, 1.82) is 0 Å². The van der Waals surface area contributed by atoms with Crippen molar-refractivity contribution in [3.8, 4) is 5.75 Å². The molecule has 3 aromatic rings. The maximum absolute atomic E-state index is 10.9. The molecule has 0 saturated heterocycles. The summed E-state index contributed by atoms with van der Waals surface area (Å²) < 4.78 is 7.31. The van der Waals surface area contributed by atoms with Crippen LogP contribution in [-0.2, 0) is 6.54 Å². The molecule has 26 heavy (non-hydrogen) atoms. The number of ether oxygens (including phenoxy) is 1. The van der Waals surface area contributed by atoms with Crippen molar-refractivity contribution in [2.75, 3.05) is 19.0 Å². The Bertz CT molecular complexity index is 928. The number of nitrogens with zero attached hydrogens (tertiary/aromatic N) is 3. The molecule has 1 aliphatic rings. The molecule has 2 N–H and O–H groups in total. The fourth-order valence-corrected chi connectivity index (χ4v) is 3.93. The number of hydrogen-bond acceptors (Lipinski definition) is 5. The predicted octanol–water partition coefficient (Wildman–Crippen LogP) is 3.72. The molecule has 6 heteroatoms. The number of fused-ring (bicyclic) bond motifs is 2. The minimum Gasteiger partial charge on any atom is -0.497 e. The lowest BCUT2D eigenvalue weighted by molar-refractivity contribution is 0.0168. The Balaban J connectivity index is 1.81. The Morgan fingerprint density at radius 3 is 2.77 bits per heavy atom. The van der Waals surface area contributed by atoms with E-state index in [1.807, 2.05) is 29.1 Å². The molecule has 0 aliphatic heterocycles. The second-order valence-corrected chi connectivity index (χ2v) is 7.21. The van der Waals surface area contributed by atoms with Gasteiger partial charge in [0.15, 0.2) is 5.65 Å². The maximum atomic E-state index is 10.9. The Morgan fingerprint density at radius 1 is 1.23 bits per heavy atom. The van der Waals surface area contributed by atoms with Gasteiger partial charge in [-0.2, -0.15) is 5.10 Å². The van der Waals surface area contributed by atoms with E-state index >= 15 is 0 Å². The molecule has 6 nitrogen and oxygen atoms in total. The quantitative estimate of drug-likeness (QED) is 0.731. The SMILES string of the molecule is CCn1ncc2c(NCC3(O)CCCCC3)c3cc(OC)ccc3nc21. The van der Waals surface area contributed by atoms with Gasteiger partial charge < -0.3 is 15.2 Å². The number of nitrogens with one attached hydrogen (secondary N) is 1. The van der Waals surface area contributed by atoms with Crippen LogP contribution in [0.2, 0.25) is 0 Å². The number of pyridine rings is 1. The van der Waals surface area contributed by atoms with Crippen molar-refractivity contribution in [3.63, 3.8) is 0 Å². The number of aromatic nitrogens is 3. The molecule has 1 fully saturated rings. The lowest BCUT2D eigenvalue weighted by atomic mass is 9.85. The molecule has 2 heterocycles. The van der Waals surface area contributed by atoms with E-state index in [1.54, 1.807) is 7.11 Å². The molecule has 1 aromatic carbocycles. The number of benzene rings is 1. The van der Waals surface area contributed by atoms with E-state index in [0.29, 0.717) is 6.54 Å². The molecular formula is C20H26N4O2. The van der Waals surface area contributed by atoms with E-state index in [-0.39, 0.29) is 0 Å². The summed E-state index contributed by atoms with van der Waals surface area (Å²) in [6.07, 6.45) is 6.95. The van der Waals surface area contributed by atoms with Crippen LogP contribution in [0.3, 0.4) is 0 Å². The Kier molecular flexibility index (Phi) is 4.44. The highest BCUT2D eigenvalue weighted by atomic mass is 16.5. The van der Waals surface area contributed by atoms with Gasteiger partial charge in [-0.25, -0.2) is 9.67 Å². The first-order valence-corrected chi connectivity index (χ1v) is 9.43. The van der Waals surface area contributed by atoms with Gasteiger partial charge in [-0.3, -0.25) is 0 Å². The average Bonchev–Trinajstić information content (AvgIpc) is 3.08. The second-order valence-electron chi connectivity index (χ2n) is 7.21.